The Morgan fingerprint density at radius 1 is 1.32 bits per heavy atom. The van der Waals surface area contributed by atoms with Crippen LogP contribution in [0, 0.1) is 6.92 Å². The number of carbonyl (C=O) groups is 1. The lowest BCUT2D eigenvalue weighted by molar-refractivity contribution is -0.0107. The maximum atomic E-state index is 12.5. The van der Waals surface area contributed by atoms with Crippen LogP contribution in [0.4, 0.5) is 4.79 Å². The second-order valence-corrected chi connectivity index (χ2v) is 9.98. The van der Waals surface area contributed by atoms with E-state index in [4.69, 9.17) is 4.74 Å². The van der Waals surface area contributed by atoms with E-state index < -0.39 is 21.5 Å². The maximum absolute atomic E-state index is 12.5. The van der Waals surface area contributed by atoms with Crippen molar-refractivity contribution in [2.24, 2.45) is 0 Å². The molecule has 0 bridgehead atoms. The molecule has 1 amide bonds. The van der Waals surface area contributed by atoms with Crippen molar-refractivity contribution >= 4 is 15.9 Å². The fourth-order valence-corrected chi connectivity index (χ4v) is 5.52. The first kappa shape index (κ1) is 18.2. The number of imidazole rings is 1. The van der Waals surface area contributed by atoms with Crippen molar-refractivity contribution in [2.45, 2.75) is 51.9 Å². The smallest absolute Gasteiger partial charge is 0.410 e. The predicted molar refractivity (Wildman–Crippen MR) is 92.9 cm³/mol. The highest BCUT2D eigenvalue weighted by Gasteiger charge is 2.49. The minimum Gasteiger partial charge on any atom is -0.444 e. The van der Waals surface area contributed by atoms with Crippen LogP contribution in [0.25, 0.3) is 0 Å². The van der Waals surface area contributed by atoms with E-state index in [0.29, 0.717) is 19.6 Å². The molecule has 9 heteroatoms. The molecule has 1 aromatic heterocycles. The SMILES string of the molecule is Cc1[nH]cnc1CN1CCN(C(=O)OC(C)(C)C)[C@@H]2CS(=O)(=O)C[C@H]21. The summed E-state index contributed by atoms with van der Waals surface area (Å²) >= 11 is 0. The topological polar surface area (TPSA) is 95.6 Å². The quantitative estimate of drug-likeness (QED) is 0.832. The van der Waals surface area contributed by atoms with Crippen molar-refractivity contribution in [3.8, 4) is 0 Å². The predicted octanol–water partition coefficient (Wildman–Crippen LogP) is 0.936. The molecule has 3 rings (SSSR count). The number of piperazine rings is 1. The number of nitrogens with zero attached hydrogens (tertiary/aromatic N) is 3. The van der Waals surface area contributed by atoms with Crippen LogP contribution in [0.15, 0.2) is 6.33 Å². The van der Waals surface area contributed by atoms with E-state index in [1.807, 2.05) is 27.7 Å². The number of nitrogens with one attached hydrogen (secondary N) is 1. The number of carbonyl (C=O) groups excluding carboxylic acids is 1. The van der Waals surface area contributed by atoms with Crippen LogP contribution in [0.3, 0.4) is 0 Å². The van der Waals surface area contributed by atoms with Gasteiger partial charge in [0, 0.05) is 31.4 Å². The third-order valence-electron chi connectivity index (χ3n) is 4.71. The first-order valence-electron chi connectivity index (χ1n) is 8.49. The molecule has 2 fully saturated rings. The molecule has 0 aliphatic carbocycles. The highest BCUT2D eigenvalue weighted by molar-refractivity contribution is 7.91. The van der Waals surface area contributed by atoms with Gasteiger partial charge in [0.1, 0.15) is 5.60 Å². The number of rotatable bonds is 2. The fraction of sp³-hybridized carbons (Fsp3) is 0.750. The molecule has 2 saturated heterocycles. The summed E-state index contributed by atoms with van der Waals surface area (Å²) in [6.45, 7) is 9.01. The summed E-state index contributed by atoms with van der Waals surface area (Å²) in [6, 6.07) is -0.588. The third kappa shape index (κ3) is 3.98. The van der Waals surface area contributed by atoms with Crippen molar-refractivity contribution in [2.75, 3.05) is 24.6 Å². The van der Waals surface area contributed by atoms with Gasteiger partial charge < -0.3 is 14.6 Å². The Hall–Kier alpha value is -1.61. The van der Waals surface area contributed by atoms with Gasteiger partial charge in [0.05, 0.1) is 29.6 Å². The van der Waals surface area contributed by atoms with Crippen molar-refractivity contribution in [3.63, 3.8) is 0 Å². The van der Waals surface area contributed by atoms with E-state index in [1.165, 1.54) is 0 Å². The molecular weight excluding hydrogens is 344 g/mol. The van der Waals surface area contributed by atoms with Crippen molar-refractivity contribution in [3.05, 3.63) is 17.7 Å². The lowest BCUT2D eigenvalue weighted by Crippen LogP contribution is -2.60. The van der Waals surface area contributed by atoms with Crippen molar-refractivity contribution < 1.29 is 17.9 Å². The summed E-state index contributed by atoms with van der Waals surface area (Å²) in [4.78, 5) is 23.6. The summed E-state index contributed by atoms with van der Waals surface area (Å²) < 4.78 is 29.9. The number of ether oxygens (including phenoxy) is 1. The first-order valence-corrected chi connectivity index (χ1v) is 10.3. The summed E-state index contributed by atoms with van der Waals surface area (Å²) in [6.07, 6.45) is 1.21. The van der Waals surface area contributed by atoms with Gasteiger partial charge in [0.15, 0.2) is 9.84 Å². The number of amides is 1. The van der Waals surface area contributed by atoms with Crippen LogP contribution in [0.2, 0.25) is 0 Å². The number of H-pyrrole nitrogens is 1. The molecule has 2 aliphatic rings. The molecule has 0 saturated carbocycles. The molecule has 2 atom stereocenters. The lowest BCUT2D eigenvalue weighted by Gasteiger charge is -2.43. The zero-order valence-electron chi connectivity index (χ0n) is 15.2. The zero-order chi connectivity index (χ0) is 18.4. The van der Waals surface area contributed by atoms with E-state index in [9.17, 15) is 13.2 Å². The average Bonchev–Trinajstić information content (AvgIpc) is 2.99. The molecule has 1 N–H and O–H groups in total. The summed E-state index contributed by atoms with van der Waals surface area (Å²) in [5, 5.41) is 0. The Labute approximate surface area is 148 Å². The van der Waals surface area contributed by atoms with Gasteiger partial charge in [0.2, 0.25) is 0 Å². The molecule has 25 heavy (non-hydrogen) atoms. The zero-order valence-corrected chi connectivity index (χ0v) is 16.0. The number of hydrogen-bond donors (Lipinski definition) is 1. The molecule has 3 heterocycles. The Morgan fingerprint density at radius 2 is 2.00 bits per heavy atom. The van der Waals surface area contributed by atoms with Gasteiger partial charge in [-0.2, -0.15) is 0 Å². The standard InChI is InChI=1S/C16H26N4O4S/c1-11-12(18-10-17-11)7-19-5-6-20(15(21)24-16(2,3)4)14-9-25(22,23)8-13(14)19/h10,13-14H,5-9H2,1-4H3,(H,17,18)/t13-,14-/m1/s1. The molecule has 8 nitrogen and oxygen atoms in total. The number of aromatic amines is 1. The molecule has 0 spiro atoms. The van der Waals surface area contributed by atoms with Crippen LogP contribution in [0.1, 0.15) is 32.2 Å². The van der Waals surface area contributed by atoms with E-state index in [2.05, 4.69) is 14.9 Å². The number of aryl methyl sites for hydroxylation is 1. The van der Waals surface area contributed by atoms with Crippen molar-refractivity contribution in [1.82, 2.24) is 19.8 Å². The van der Waals surface area contributed by atoms with E-state index in [0.717, 1.165) is 11.4 Å². The molecule has 0 aromatic carbocycles. The van der Waals surface area contributed by atoms with Gasteiger partial charge in [-0.25, -0.2) is 18.2 Å². The number of aromatic nitrogens is 2. The van der Waals surface area contributed by atoms with E-state index in [-0.39, 0.29) is 23.6 Å². The average molecular weight is 370 g/mol. The van der Waals surface area contributed by atoms with Gasteiger partial charge in [-0.15, -0.1) is 0 Å². The Balaban J connectivity index is 1.80. The summed E-state index contributed by atoms with van der Waals surface area (Å²) in [5.41, 5.74) is 1.29. The monoisotopic (exact) mass is 370 g/mol. The molecular formula is C16H26N4O4S. The van der Waals surface area contributed by atoms with E-state index >= 15 is 0 Å². The first-order chi connectivity index (χ1) is 11.6. The van der Waals surface area contributed by atoms with Crippen LogP contribution < -0.4 is 0 Å². The van der Waals surface area contributed by atoms with Gasteiger partial charge in [-0.05, 0) is 27.7 Å². The Kier molecular flexibility index (Phi) is 4.57. The normalized spacial score (nSPS) is 26.5. The lowest BCUT2D eigenvalue weighted by atomic mass is 10.0. The van der Waals surface area contributed by atoms with Gasteiger partial charge in [-0.1, -0.05) is 0 Å². The van der Waals surface area contributed by atoms with Crippen LogP contribution >= 0.6 is 0 Å². The highest BCUT2D eigenvalue weighted by Crippen LogP contribution is 2.29. The van der Waals surface area contributed by atoms with Crippen LogP contribution in [0.5, 0.6) is 0 Å². The molecule has 2 aliphatic heterocycles. The largest absolute Gasteiger partial charge is 0.444 e. The Morgan fingerprint density at radius 3 is 2.60 bits per heavy atom. The number of fused-ring (bicyclic) bond motifs is 1. The third-order valence-corrected chi connectivity index (χ3v) is 6.40. The maximum Gasteiger partial charge on any atom is 0.410 e. The van der Waals surface area contributed by atoms with Gasteiger partial charge in [-0.3, -0.25) is 4.90 Å². The molecule has 140 valence electrons. The van der Waals surface area contributed by atoms with E-state index in [1.54, 1.807) is 11.2 Å². The summed E-state index contributed by atoms with van der Waals surface area (Å²) in [7, 11) is -3.18. The van der Waals surface area contributed by atoms with Gasteiger partial charge in [0.25, 0.3) is 0 Å². The molecule has 1 aromatic rings. The molecule has 0 radical (unpaired) electrons. The van der Waals surface area contributed by atoms with Crippen LogP contribution in [-0.4, -0.2) is 76.6 Å². The minimum atomic E-state index is -3.18. The molecule has 0 unspecified atom stereocenters. The van der Waals surface area contributed by atoms with Crippen molar-refractivity contribution in [1.29, 1.82) is 0 Å². The summed E-state index contributed by atoms with van der Waals surface area (Å²) in [5.74, 6) is 0.0629. The fourth-order valence-electron chi connectivity index (χ4n) is 3.51. The number of hydrogen-bond acceptors (Lipinski definition) is 6. The second-order valence-electron chi connectivity index (χ2n) is 7.83. The minimum absolute atomic E-state index is 0.00699. The van der Waals surface area contributed by atoms with Crippen LogP contribution in [-0.2, 0) is 21.1 Å². The highest BCUT2D eigenvalue weighted by atomic mass is 32.2. The second kappa shape index (κ2) is 6.28. The Bertz CT molecular complexity index is 752. The number of sulfone groups is 1. The van der Waals surface area contributed by atoms with Gasteiger partial charge >= 0.3 is 6.09 Å².